The van der Waals surface area contributed by atoms with E-state index < -0.39 is 0 Å². The van der Waals surface area contributed by atoms with Gasteiger partial charge in [-0.2, -0.15) is 0 Å². The summed E-state index contributed by atoms with van der Waals surface area (Å²) in [5.41, 5.74) is 0. The second kappa shape index (κ2) is 3.40. The third-order valence-corrected chi connectivity index (χ3v) is 2.60. The monoisotopic (exact) mass is 194 g/mol. The van der Waals surface area contributed by atoms with Gasteiger partial charge in [0.05, 0.1) is 0 Å². The molecule has 1 aromatic rings. The lowest BCUT2D eigenvalue weighted by Crippen LogP contribution is -2.34. The molecule has 1 fully saturated rings. The largest absolute Gasteiger partial charge is 0.333 e. The Kier molecular flexibility index (Phi) is 2.23. The maximum absolute atomic E-state index is 11.9. The van der Waals surface area contributed by atoms with E-state index in [2.05, 4.69) is 22.1 Å². The summed E-state index contributed by atoms with van der Waals surface area (Å²) in [5, 5.41) is 6.55. The molecule has 1 aliphatic rings. The van der Waals surface area contributed by atoms with Crippen LogP contribution in [0.15, 0.2) is 0 Å². The van der Waals surface area contributed by atoms with E-state index in [-0.39, 0.29) is 11.7 Å². The summed E-state index contributed by atoms with van der Waals surface area (Å²) in [7, 11) is 0. The van der Waals surface area contributed by atoms with Crippen molar-refractivity contribution in [3.8, 4) is 0 Å². The Hall–Kier alpha value is -1.39. The topological polar surface area (TPSA) is 61.9 Å². The summed E-state index contributed by atoms with van der Waals surface area (Å²) in [6.45, 7) is 4.68. The van der Waals surface area contributed by atoms with Crippen LogP contribution in [0, 0.1) is 6.92 Å². The average Bonchev–Trinajstić information content (AvgIpc) is 2.73. The number of nitrogens with zero attached hydrogens (tertiary/aromatic N) is 3. The number of aromatic amines is 1. The van der Waals surface area contributed by atoms with Crippen LogP contribution in [-0.2, 0) is 0 Å². The van der Waals surface area contributed by atoms with Gasteiger partial charge in [0.15, 0.2) is 0 Å². The number of amides is 1. The van der Waals surface area contributed by atoms with Crippen molar-refractivity contribution in [2.75, 3.05) is 6.54 Å². The van der Waals surface area contributed by atoms with Crippen molar-refractivity contribution in [3.05, 3.63) is 11.6 Å². The van der Waals surface area contributed by atoms with Gasteiger partial charge in [-0.15, -0.1) is 5.10 Å². The second-order valence-electron chi connectivity index (χ2n) is 3.73. The van der Waals surface area contributed by atoms with Crippen LogP contribution in [0.4, 0.5) is 0 Å². The lowest BCUT2D eigenvalue weighted by atomic mass is 10.2. The molecule has 0 aromatic carbocycles. The van der Waals surface area contributed by atoms with Gasteiger partial charge in [-0.1, -0.05) is 0 Å². The zero-order chi connectivity index (χ0) is 10.1. The summed E-state index contributed by atoms with van der Waals surface area (Å²) in [6.07, 6.45) is 2.16. The normalized spacial score (nSPS) is 21.6. The first-order valence-electron chi connectivity index (χ1n) is 4.88. The summed E-state index contributed by atoms with van der Waals surface area (Å²) < 4.78 is 0. The molecule has 0 aliphatic carbocycles. The van der Waals surface area contributed by atoms with Crippen LogP contribution in [0.1, 0.15) is 36.2 Å². The first kappa shape index (κ1) is 9.18. The number of carbonyl (C=O) groups excluding carboxylic acids is 1. The van der Waals surface area contributed by atoms with Crippen molar-refractivity contribution in [2.24, 2.45) is 0 Å². The number of likely N-dealkylation sites (tertiary alicyclic amines) is 1. The first-order chi connectivity index (χ1) is 6.68. The fourth-order valence-electron chi connectivity index (χ4n) is 1.80. The molecule has 2 rings (SSSR count). The summed E-state index contributed by atoms with van der Waals surface area (Å²) in [5.74, 6) is 0.913. The SMILES string of the molecule is Cc1nc(C(=O)N2CCCC2C)n[nH]1. The highest BCUT2D eigenvalue weighted by atomic mass is 16.2. The van der Waals surface area contributed by atoms with Crippen LogP contribution in [-0.4, -0.2) is 38.6 Å². The zero-order valence-electron chi connectivity index (χ0n) is 8.45. The van der Waals surface area contributed by atoms with Gasteiger partial charge in [-0.05, 0) is 26.7 Å². The van der Waals surface area contributed by atoms with Gasteiger partial charge in [0.1, 0.15) is 5.82 Å². The minimum atomic E-state index is -0.0562. The number of rotatable bonds is 1. The van der Waals surface area contributed by atoms with Crippen LogP contribution in [0.2, 0.25) is 0 Å². The minimum Gasteiger partial charge on any atom is -0.333 e. The van der Waals surface area contributed by atoms with Gasteiger partial charge in [0.25, 0.3) is 5.91 Å². The van der Waals surface area contributed by atoms with Crippen LogP contribution in [0.5, 0.6) is 0 Å². The van der Waals surface area contributed by atoms with E-state index in [1.54, 1.807) is 6.92 Å². The first-order valence-corrected chi connectivity index (χ1v) is 4.88. The molecule has 14 heavy (non-hydrogen) atoms. The number of nitrogens with one attached hydrogen (secondary N) is 1. The number of hydrogen-bond donors (Lipinski definition) is 1. The van der Waals surface area contributed by atoms with E-state index in [9.17, 15) is 4.79 Å². The molecule has 0 saturated carbocycles. The Bertz CT molecular complexity index is 346. The summed E-state index contributed by atoms with van der Waals surface area (Å²) in [6, 6.07) is 0.321. The van der Waals surface area contributed by atoms with Crippen molar-refractivity contribution in [1.29, 1.82) is 0 Å². The predicted molar refractivity (Wildman–Crippen MR) is 50.9 cm³/mol. The third-order valence-electron chi connectivity index (χ3n) is 2.60. The Labute approximate surface area is 82.5 Å². The van der Waals surface area contributed by atoms with E-state index in [4.69, 9.17) is 0 Å². The van der Waals surface area contributed by atoms with Crippen molar-refractivity contribution in [2.45, 2.75) is 32.7 Å². The number of carbonyl (C=O) groups is 1. The van der Waals surface area contributed by atoms with Gasteiger partial charge < -0.3 is 4.90 Å². The number of H-pyrrole nitrogens is 1. The molecule has 2 heterocycles. The number of aromatic nitrogens is 3. The zero-order valence-corrected chi connectivity index (χ0v) is 8.45. The van der Waals surface area contributed by atoms with Gasteiger partial charge in [0.2, 0.25) is 5.82 Å². The predicted octanol–water partition coefficient (Wildman–Crippen LogP) is 0.738. The Morgan fingerprint density at radius 2 is 2.43 bits per heavy atom. The highest BCUT2D eigenvalue weighted by Gasteiger charge is 2.28. The fraction of sp³-hybridized carbons (Fsp3) is 0.667. The Balaban J connectivity index is 2.15. The van der Waals surface area contributed by atoms with Gasteiger partial charge >= 0.3 is 0 Å². The van der Waals surface area contributed by atoms with Crippen LogP contribution >= 0.6 is 0 Å². The smallest absolute Gasteiger partial charge is 0.293 e. The molecule has 1 N–H and O–H groups in total. The fourth-order valence-corrected chi connectivity index (χ4v) is 1.80. The van der Waals surface area contributed by atoms with Gasteiger partial charge in [0, 0.05) is 12.6 Å². The molecular formula is C9H14N4O. The highest BCUT2D eigenvalue weighted by molar-refractivity contribution is 5.90. The molecule has 1 aromatic heterocycles. The molecule has 0 spiro atoms. The van der Waals surface area contributed by atoms with E-state index in [0.29, 0.717) is 11.9 Å². The molecule has 1 amide bonds. The molecule has 5 heteroatoms. The molecular weight excluding hydrogens is 180 g/mol. The van der Waals surface area contributed by atoms with E-state index in [1.165, 1.54) is 0 Å². The van der Waals surface area contributed by atoms with E-state index >= 15 is 0 Å². The lowest BCUT2D eigenvalue weighted by molar-refractivity contribution is 0.0735. The highest BCUT2D eigenvalue weighted by Crippen LogP contribution is 2.17. The Morgan fingerprint density at radius 1 is 1.64 bits per heavy atom. The Morgan fingerprint density at radius 3 is 2.93 bits per heavy atom. The van der Waals surface area contributed by atoms with Crippen molar-refractivity contribution in [3.63, 3.8) is 0 Å². The van der Waals surface area contributed by atoms with Crippen molar-refractivity contribution in [1.82, 2.24) is 20.1 Å². The molecule has 1 aliphatic heterocycles. The molecule has 76 valence electrons. The maximum Gasteiger partial charge on any atom is 0.293 e. The molecule has 1 saturated heterocycles. The maximum atomic E-state index is 11.9. The van der Waals surface area contributed by atoms with E-state index in [1.807, 2.05) is 4.90 Å². The minimum absolute atomic E-state index is 0.0562. The molecule has 0 bridgehead atoms. The quantitative estimate of drug-likeness (QED) is 0.717. The average molecular weight is 194 g/mol. The van der Waals surface area contributed by atoms with Crippen LogP contribution in [0.25, 0.3) is 0 Å². The van der Waals surface area contributed by atoms with Gasteiger partial charge in [-0.3, -0.25) is 9.89 Å². The third kappa shape index (κ3) is 1.49. The number of hydrogen-bond acceptors (Lipinski definition) is 3. The summed E-state index contributed by atoms with van der Waals surface area (Å²) >= 11 is 0. The molecule has 0 radical (unpaired) electrons. The molecule has 5 nitrogen and oxygen atoms in total. The number of aryl methyl sites for hydroxylation is 1. The molecule has 1 atom stereocenters. The van der Waals surface area contributed by atoms with Crippen LogP contribution < -0.4 is 0 Å². The van der Waals surface area contributed by atoms with Crippen LogP contribution in [0.3, 0.4) is 0 Å². The second-order valence-corrected chi connectivity index (χ2v) is 3.73. The van der Waals surface area contributed by atoms with E-state index in [0.717, 1.165) is 19.4 Å². The standard InChI is InChI=1S/C9H14N4O/c1-6-4-3-5-13(6)9(14)8-10-7(2)11-12-8/h6H,3-5H2,1-2H3,(H,10,11,12). The summed E-state index contributed by atoms with van der Waals surface area (Å²) in [4.78, 5) is 17.7. The molecule has 1 unspecified atom stereocenters. The van der Waals surface area contributed by atoms with Crippen molar-refractivity contribution < 1.29 is 4.79 Å². The van der Waals surface area contributed by atoms with Gasteiger partial charge in [-0.25, -0.2) is 4.98 Å². The lowest BCUT2D eigenvalue weighted by Gasteiger charge is -2.19. The van der Waals surface area contributed by atoms with Crippen molar-refractivity contribution >= 4 is 5.91 Å².